The zero-order chi connectivity index (χ0) is 20.7. The topological polar surface area (TPSA) is 84.0 Å². The number of thiazole rings is 1. The van der Waals surface area contributed by atoms with E-state index in [2.05, 4.69) is 20.6 Å². The summed E-state index contributed by atoms with van der Waals surface area (Å²) in [5, 5.41) is 6.52. The van der Waals surface area contributed by atoms with Gasteiger partial charge in [0.05, 0.1) is 16.3 Å². The van der Waals surface area contributed by atoms with Crippen LogP contribution >= 0.6 is 11.3 Å². The molecule has 0 aliphatic heterocycles. The second-order valence-corrected chi connectivity index (χ2v) is 10.4. The summed E-state index contributed by atoms with van der Waals surface area (Å²) in [5.74, 6) is 2.28. The van der Waals surface area contributed by atoms with Crippen LogP contribution in [0.15, 0.2) is 24.4 Å². The number of hydrogen-bond donors (Lipinski definition) is 2. The lowest BCUT2D eigenvalue weighted by molar-refractivity contribution is -0.146. The first-order valence-corrected chi connectivity index (χ1v) is 11.8. The summed E-state index contributed by atoms with van der Waals surface area (Å²) in [6.45, 7) is 2.30. The Morgan fingerprint density at radius 1 is 1.13 bits per heavy atom. The molecule has 2 heterocycles. The highest BCUT2D eigenvalue weighted by molar-refractivity contribution is 7.19. The summed E-state index contributed by atoms with van der Waals surface area (Å²) in [5.41, 5.74) is 1.55. The van der Waals surface area contributed by atoms with Gasteiger partial charge >= 0.3 is 0 Å². The first-order valence-electron chi connectivity index (χ1n) is 11.0. The van der Waals surface area contributed by atoms with Crippen LogP contribution in [0, 0.1) is 30.1 Å². The maximum Gasteiger partial charge on any atom is 0.227 e. The Kier molecular flexibility index (Phi) is 5.09. The van der Waals surface area contributed by atoms with Crippen molar-refractivity contribution in [3.8, 4) is 10.6 Å². The molecule has 0 aromatic carbocycles. The van der Waals surface area contributed by atoms with Crippen molar-refractivity contribution >= 4 is 28.3 Å². The molecule has 4 saturated carbocycles. The van der Waals surface area contributed by atoms with E-state index in [0.717, 1.165) is 53.3 Å². The van der Waals surface area contributed by atoms with Gasteiger partial charge in [0, 0.05) is 24.6 Å². The van der Waals surface area contributed by atoms with E-state index in [0.29, 0.717) is 11.7 Å². The van der Waals surface area contributed by atoms with Crippen molar-refractivity contribution in [2.45, 2.75) is 51.9 Å². The molecular formula is C23H28N4O2S. The van der Waals surface area contributed by atoms with Crippen LogP contribution in [0.1, 0.15) is 50.6 Å². The average Bonchev–Trinajstić information content (AvgIpc) is 3.07. The number of aryl methyl sites for hydroxylation is 1. The number of carbonyl (C=O) groups is 2. The van der Waals surface area contributed by atoms with E-state index in [9.17, 15) is 9.59 Å². The van der Waals surface area contributed by atoms with Crippen molar-refractivity contribution in [1.29, 1.82) is 0 Å². The van der Waals surface area contributed by atoms with E-state index in [-0.39, 0.29) is 23.7 Å². The number of nitrogens with one attached hydrogen (secondary N) is 2. The van der Waals surface area contributed by atoms with Crippen molar-refractivity contribution in [3.63, 3.8) is 0 Å². The third kappa shape index (κ3) is 3.75. The van der Waals surface area contributed by atoms with E-state index in [1.165, 1.54) is 30.6 Å². The maximum atomic E-state index is 13.0. The second kappa shape index (κ2) is 7.76. The highest BCUT2D eigenvalue weighted by atomic mass is 32.1. The largest absolute Gasteiger partial charge is 0.355 e. The number of carbonyl (C=O) groups excluding carboxylic acids is 2. The van der Waals surface area contributed by atoms with Crippen LogP contribution in [0.25, 0.3) is 10.6 Å². The summed E-state index contributed by atoms with van der Waals surface area (Å²) in [6.07, 6.45) is 9.12. The third-order valence-electron chi connectivity index (χ3n) is 7.10. The number of rotatable bonds is 6. The molecule has 0 spiro atoms. The lowest BCUT2D eigenvalue weighted by Crippen LogP contribution is -2.53. The van der Waals surface area contributed by atoms with Gasteiger partial charge in [-0.3, -0.25) is 14.6 Å². The van der Waals surface area contributed by atoms with Crippen LogP contribution in [-0.4, -0.2) is 28.3 Å². The Hall–Kier alpha value is -2.28. The van der Waals surface area contributed by atoms with Crippen molar-refractivity contribution in [2.75, 3.05) is 11.9 Å². The maximum absolute atomic E-state index is 13.0. The molecule has 158 valence electrons. The van der Waals surface area contributed by atoms with Gasteiger partial charge in [-0.15, -0.1) is 0 Å². The molecule has 7 heteroatoms. The van der Waals surface area contributed by atoms with Crippen LogP contribution in [0.4, 0.5) is 5.13 Å². The van der Waals surface area contributed by atoms with Crippen LogP contribution in [-0.2, 0) is 9.59 Å². The SMILES string of the molecule is Cc1nc(NC(=O)CCNC(=O)C23CC4CC(CC(C4)C2)C3)sc1-c1ccccn1. The van der Waals surface area contributed by atoms with Crippen molar-refractivity contribution in [1.82, 2.24) is 15.3 Å². The zero-order valence-electron chi connectivity index (χ0n) is 17.3. The van der Waals surface area contributed by atoms with Gasteiger partial charge in [0.15, 0.2) is 5.13 Å². The fraction of sp³-hybridized carbons (Fsp3) is 0.565. The molecule has 4 fully saturated rings. The monoisotopic (exact) mass is 424 g/mol. The molecule has 0 unspecified atom stereocenters. The van der Waals surface area contributed by atoms with Gasteiger partial charge in [-0.2, -0.15) is 0 Å². The number of nitrogens with zero attached hydrogens (tertiary/aromatic N) is 2. The van der Waals surface area contributed by atoms with Gasteiger partial charge in [0.25, 0.3) is 0 Å². The molecule has 2 aromatic rings. The van der Waals surface area contributed by atoms with Gasteiger partial charge in [-0.1, -0.05) is 17.4 Å². The number of amides is 2. The summed E-state index contributed by atoms with van der Waals surface area (Å²) in [4.78, 5) is 35.1. The van der Waals surface area contributed by atoms with E-state index >= 15 is 0 Å². The number of aromatic nitrogens is 2. The molecule has 2 N–H and O–H groups in total. The molecule has 4 aliphatic carbocycles. The van der Waals surface area contributed by atoms with E-state index in [1.54, 1.807) is 6.20 Å². The molecule has 2 aromatic heterocycles. The van der Waals surface area contributed by atoms with Crippen LogP contribution < -0.4 is 10.6 Å². The Balaban J connectivity index is 1.14. The lowest BCUT2D eigenvalue weighted by atomic mass is 9.49. The van der Waals surface area contributed by atoms with E-state index in [1.807, 2.05) is 25.1 Å². The quantitative estimate of drug-likeness (QED) is 0.729. The molecule has 0 saturated heterocycles. The standard InChI is InChI=1S/C23H28N4O2S/c1-14-20(18-4-2-3-6-24-18)30-22(26-14)27-19(28)5-7-25-21(29)23-11-15-8-16(12-23)10-17(9-15)13-23/h2-4,6,15-17H,5,7-13H2,1H3,(H,25,29)(H,26,27,28). The Labute approximate surface area is 180 Å². The Morgan fingerprint density at radius 3 is 2.47 bits per heavy atom. The Morgan fingerprint density at radius 2 is 1.83 bits per heavy atom. The zero-order valence-corrected chi connectivity index (χ0v) is 18.1. The number of hydrogen-bond acceptors (Lipinski definition) is 5. The summed E-state index contributed by atoms with van der Waals surface area (Å²) >= 11 is 1.43. The molecule has 0 radical (unpaired) electrons. The van der Waals surface area contributed by atoms with Crippen LogP contribution in [0.2, 0.25) is 0 Å². The van der Waals surface area contributed by atoms with Gasteiger partial charge < -0.3 is 10.6 Å². The van der Waals surface area contributed by atoms with Crippen molar-refractivity contribution < 1.29 is 9.59 Å². The molecule has 4 bridgehead atoms. The van der Waals surface area contributed by atoms with Gasteiger partial charge in [0.2, 0.25) is 11.8 Å². The van der Waals surface area contributed by atoms with Gasteiger partial charge in [0.1, 0.15) is 0 Å². The van der Waals surface area contributed by atoms with E-state index in [4.69, 9.17) is 0 Å². The van der Waals surface area contributed by atoms with Crippen LogP contribution in [0.3, 0.4) is 0 Å². The highest BCUT2D eigenvalue weighted by Gasteiger charge is 2.54. The summed E-state index contributed by atoms with van der Waals surface area (Å²) in [7, 11) is 0. The predicted molar refractivity (Wildman–Crippen MR) is 117 cm³/mol. The lowest BCUT2D eigenvalue weighted by Gasteiger charge is -2.55. The summed E-state index contributed by atoms with van der Waals surface area (Å²) in [6, 6.07) is 5.75. The van der Waals surface area contributed by atoms with Crippen molar-refractivity contribution in [2.24, 2.45) is 23.2 Å². The van der Waals surface area contributed by atoms with Gasteiger partial charge in [-0.25, -0.2) is 4.98 Å². The molecule has 0 atom stereocenters. The second-order valence-electron chi connectivity index (χ2n) is 9.40. The molecule has 6 nitrogen and oxygen atoms in total. The minimum absolute atomic E-state index is 0.123. The minimum Gasteiger partial charge on any atom is -0.355 e. The first kappa shape index (κ1) is 19.7. The Bertz CT molecular complexity index is 920. The predicted octanol–water partition coefficient (Wildman–Crippen LogP) is 4.17. The molecule has 2 amide bonds. The van der Waals surface area contributed by atoms with E-state index < -0.39 is 0 Å². The van der Waals surface area contributed by atoms with Crippen LogP contribution in [0.5, 0.6) is 0 Å². The molecular weight excluding hydrogens is 396 g/mol. The summed E-state index contributed by atoms with van der Waals surface area (Å²) < 4.78 is 0. The fourth-order valence-electron chi connectivity index (χ4n) is 6.23. The molecule has 6 rings (SSSR count). The average molecular weight is 425 g/mol. The smallest absolute Gasteiger partial charge is 0.227 e. The number of pyridine rings is 1. The van der Waals surface area contributed by atoms with Gasteiger partial charge in [-0.05, 0) is 75.3 Å². The first-order chi connectivity index (χ1) is 14.5. The highest BCUT2D eigenvalue weighted by Crippen LogP contribution is 2.60. The minimum atomic E-state index is -0.158. The molecule has 30 heavy (non-hydrogen) atoms. The molecule has 4 aliphatic rings. The fourth-order valence-corrected chi connectivity index (χ4v) is 7.19. The number of anilines is 1. The third-order valence-corrected chi connectivity index (χ3v) is 8.19. The van der Waals surface area contributed by atoms with Crippen molar-refractivity contribution in [3.05, 3.63) is 30.1 Å². The normalized spacial score (nSPS) is 29.0.